The number of hydrogen-bond donors (Lipinski definition) is 2. The summed E-state index contributed by atoms with van der Waals surface area (Å²) in [5, 5.41) is 12.5. The number of carboxylic acids is 1. The van der Waals surface area contributed by atoms with Gasteiger partial charge in [0.15, 0.2) is 0 Å². The molecule has 0 aliphatic heterocycles. The first-order valence-electron chi connectivity index (χ1n) is 5.99. The van der Waals surface area contributed by atoms with Crippen molar-refractivity contribution in [2.45, 2.75) is 13.5 Å². The fraction of sp³-hybridized carbons (Fsp3) is 0.133. The molecule has 0 heterocycles. The lowest BCUT2D eigenvalue weighted by molar-refractivity contribution is 0.0692. The lowest BCUT2D eigenvalue weighted by atomic mass is 10.1. The molecule has 0 saturated heterocycles. The molecule has 0 saturated carbocycles. The van der Waals surface area contributed by atoms with E-state index in [0.717, 1.165) is 11.3 Å². The van der Waals surface area contributed by atoms with Crippen molar-refractivity contribution in [2.24, 2.45) is 0 Å². The second-order valence-corrected chi connectivity index (χ2v) is 4.87. The zero-order valence-corrected chi connectivity index (χ0v) is 11.5. The van der Waals surface area contributed by atoms with Crippen molar-refractivity contribution in [1.29, 1.82) is 0 Å². The highest BCUT2D eigenvalue weighted by Crippen LogP contribution is 2.21. The van der Waals surface area contributed by atoms with Gasteiger partial charge < -0.3 is 10.4 Å². The van der Waals surface area contributed by atoms with Crippen molar-refractivity contribution < 1.29 is 14.3 Å². The third kappa shape index (κ3) is 3.27. The van der Waals surface area contributed by atoms with Gasteiger partial charge >= 0.3 is 5.97 Å². The van der Waals surface area contributed by atoms with E-state index in [1.54, 1.807) is 18.2 Å². The highest BCUT2D eigenvalue weighted by atomic mass is 35.5. The topological polar surface area (TPSA) is 49.3 Å². The second-order valence-electron chi connectivity index (χ2n) is 4.43. The Kier molecular flexibility index (Phi) is 4.25. The first-order chi connectivity index (χ1) is 9.47. The minimum absolute atomic E-state index is 0.326. The summed E-state index contributed by atoms with van der Waals surface area (Å²) >= 11 is 5.91. The van der Waals surface area contributed by atoms with Crippen molar-refractivity contribution in [3.8, 4) is 0 Å². The van der Waals surface area contributed by atoms with Crippen LogP contribution in [0.4, 0.5) is 10.1 Å². The van der Waals surface area contributed by atoms with E-state index >= 15 is 0 Å². The van der Waals surface area contributed by atoms with Gasteiger partial charge in [0.2, 0.25) is 0 Å². The van der Waals surface area contributed by atoms with Crippen molar-refractivity contribution in [3.63, 3.8) is 0 Å². The summed E-state index contributed by atoms with van der Waals surface area (Å²) in [6.07, 6.45) is 0. The molecule has 2 aromatic carbocycles. The fourth-order valence-corrected chi connectivity index (χ4v) is 2.00. The number of halogens is 2. The monoisotopic (exact) mass is 293 g/mol. The summed E-state index contributed by atoms with van der Waals surface area (Å²) in [7, 11) is 0. The van der Waals surface area contributed by atoms with E-state index in [2.05, 4.69) is 5.32 Å². The number of carbonyl (C=O) groups is 1. The summed E-state index contributed by atoms with van der Waals surface area (Å²) in [6.45, 7) is 2.32. The van der Waals surface area contributed by atoms with Gasteiger partial charge in [0.05, 0.1) is 5.56 Å². The van der Waals surface area contributed by atoms with Crippen LogP contribution in [0.25, 0.3) is 0 Å². The van der Waals surface area contributed by atoms with Crippen LogP contribution in [0.5, 0.6) is 0 Å². The van der Waals surface area contributed by atoms with E-state index < -0.39 is 11.8 Å². The lowest BCUT2D eigenvalue weighted by Crippen LogP contribution is -2.04. The Hall–Kier alpha value is -2.07. The van der Waals surface area contributed by atoms with Crippen molar-refractivity contribution in [3.05, 3.63) is 63.9 Å². The molecule has 3 nitrogen and oxygen atoms in total. The first-order valence-corrected chi connectivity index (χ1v) is 6.37. The minimum atomic E-state index is -1.27. The Labute approximate surface area is 121 Å². The van der Waals surface area contributed by atoms with Gasteiger partial charge in [-0.15, -0.1) is 0 Å². The quantitative estimate of drug-likeness (QED) is 0.892. The SMILES string of the molecule is Cc1ccc(Cl)cc1NCc1ccc(C(=O)O)c(F)c1. The molecule has 0 amide bonds. The summed E-state index contributed by atoms with van der Waals surface area (Å²) in [6, 6.07) is 9.54. The predicted molar refractivity (Wildman–Crippen MR) is 76.9 cm³/mol. The molecule has 104 valence electrons. The maximum atomic E-state index is 13.5. The van der Waals surface area contributed by atoms with Gasteiger partial charge in [0.25, 0.3) is 0 Å². The smallest absolute Gasteiger partial charge is 0.338 e. The van der Waals surface area contributed by atoms with Gasteiger partial charge in [-0.3, -0.25) is 0 Å². The largest absolute Gasteiger partial charge is 0.478 e. The average Bonchev–Trinajstić information content (AvgIpc) is 2.39. The summed E-state index contributed by atoms with van der Waals surface area (Å²) in [5.41, 5.74) is 2.22. The van der Waals surface area contributed by atoms with Crippen LogP contribution in [0.2, 0.25) is 5.02 Å². The molecule has 0 fully saturated rings. The first kappa shape index (κ1) is 14.3. The minimum Gasteiger partial charge on any atom is -0.478 e. The molecule has 0 aromatic heterocycles. The number of hydrogen-bond acceptors (Lipinski definition) is 2. The molecule has 2 N–H and O–H groups in total. The maximum absolute atomic E-state index is 13.5. The predicted octanol–water partition coefficient (Wildman–Crippen LogP) is 4.10. The van der Waals surface area contributed by atoms with E-state index in [1.807, 2.05) is 13.0 Å². The fourth-order valence-electron chi connectivity index (χ4n) is 1.82. The van der Waals surface area contributed by atoms with E-state index in [-0.39, 0.29) is 5.56 Å². The van der Waals surface area contributed by atoms with Crippen LogP contribution in [-0.4, -0.2) is 11.1 Å². The van der Waals surface area contributed by atoms with Gasteiger partial charge in [-0.1, -0.05) is 23.7 Å². The molecule has 0 aliphatic carbocycles. The van der Waals surface area contributed by atoms with Crippen LogP contribution in [0.3, 0.4) is 0 Å². The maximum Gasteiger partial charge on any atom is 0.338 e. The van der Waals surface area contributed by atoms with Crippen molar-refractivity contribution in [2.75, 3.05) is 5.32 Å². The number of anilines is 1. The van der Waals surface area contributed by atoms with E-state index in [1.165, 1.54) is 12.1 Å². The number of aromatic carboxylic acids is 1. The Morgan fingerprint density at radius 2 is 2.05 bits per heavy atom. The van der Waals surface area contributed by atoms with Crippen LogP contribution >= 0.6 is 11.6 Å². The molecular weight excluding hydrogens is 281 g/mol. The van der Waals surface area contributed by atoms with E-state index in [9.17, 15) is 9.18 Å². The third-order valence-corrected chi connectivity index (χ3v) is 3.18. The van der Waals surface area contributed by atoms with E-state index in [0.29, 0.717) is 17.1 Å². The van der Waals surface area contributed by atoms with Crippen LogP contribution in [0.15, 0.2) is 36.4 Å². The number of benzene rings is 2. The lowest BCUT2D eigenvalue weighted by Gasteiger charge is -2.10. The Morgan fingerprint density at radius 1 is 1.30 bits per heavy atom. The van der Waals surface area contributed by atoms with Gasteiger partial charge in [0, 0.05) is 17.3 Å². The average molecular weight is 294 g/mol. The second kappa shape index (κ2) is 5.92. The van der Waals surface area contributed by atoms with Crippen LogP contribution < -0.4 is 5.32 Å². The highest BCUT2D eigenvalue weighted by Gasteiger charge is 2.10. The summed E-state index contributed by atoms with van der Waals surface area (Å²) in [5.74, 6) is -2.01. The number of nitrogens with one attached hydrogen (secondary N) is 1. The Balaban J connectivity index is 2.13. The van der Waals surface area contributed by atoms with Gasteiger partial charge in [-0.25, -0.2) is 9.18 Å². The number of rotatable bonds is 4. The molecule has 2 aromatic rings. The van der Waals surface area contributed by atoms with Gasteiger partial charge in [0.1, 0.15) is 5.82 Å². The Morgan fingerprint density at radius 3 is 2.70 bits per heavy atom. The Bertz CT molecular complexity index is 658. The van der Waals surface area contributed by atoms with Crippen LogP contribution in [0.1, 0.15) is 21.5 Å². The highest BCUT2D eigenvalue weighted by molar-refractivity contribution is 6.30. The molecule has 2 rings (SSSR count). The molecule has 0 spiro atoms. The van der Waals surface area contributed by atoms with Gasteiger partial charge in [-0.05, 0) is 42.3 Å². The third-order valence-electron chi connectivity index (χ3n) is 2.95. The zero-order chi connectivity index (χ0) is 14.7. The standard InChI is InChI=1S/C15H13ClFNO2/c1-9-2-4-11(16)7-14(9)18-8-10-3-5-12(15(19)20)13(17)6-10/h2-7,18H,8H2,1H3,(H,19,20). The molecular formula is C15H13ClFNO2. The van der Waals surface area contributed by atoms with Gasteiger partial charge in [-0.2, -0.15) is 0 Å². The normalized spacial score (nSPS) is 10.3. The van der Waals surface area contributed by atoms with Crippen LogP contribution in [0, 0.1) is 12.7 Å². The zero-order valence-electron chi connectivity index (χ0n) is 10.8. The molecule has 0 aliphatic rings. The molecule has 0 bridgehead atoms. The number of aryl methyl sites for hydroxylation is 1. The molecule has 0 atom stereocenters. The molecule has 20 heavy (non-hydrogen) atoms. The number of carboxylic acid groups (broad SMARTS) is 1. The van der Waals surface area contributed by atoms with E-state index in [4.69, 9.17) is 16.7 Å². The summed E-state index contributed by atoms with van der Waals surface area (Å²) < 4.78 is 13.5. The van der Waals surface area contributed by atoms with Crippen molar-refractivity contribution >= 4 is 23.3 Å². The van der Waals surface area contributed by atoms with Crippen LogP contribution in [-0.2, 0) is 6.54 Å². The summed E-state index contributed by atoms with van der Waals surface area (Å²) in [4.78, 5) is 10.7. The molecule has 0 radical (unpaired) electrons. The molecule has 0 unspecified atom stereocenters. The van der Waals surface area contributed by atoms with Crippen molar-refractivity contribution in [1.82, 2.24) is 0 Å². The molecule has 5 heteroatoms.